The van der Waals surface area contributed by atoms with Crippen LogP contribution in [0.4, 0.5) is 0 Å². The number of carboxylic acids is 1. The predicted octanol–water partition coefficient (Wildman–Crippen LogP) is -0.399. The van der Waals surface area contributed by atoms with Crippen molar-refractivity contribution in [3.8, 4) is 0 Å². The van der Waals surface area contributed by atoms with E-state index in [0.29, 0.717) is 12.2 Å². The second-order valence-electron chi connectivity index (χ2n) is 3.33. The van der Waals surface area contributed by atoms with Crippen molar-refractivity contribution in [3.63, 3.8) is 0 Å². The molecule has 7 nitrogen and oxygen atoms in total. The van der Waals surface area contributed by atoms with Gasteiger partial charge in [-0.2, -0.15) is 16.9 Å². The van der Waals surface area contributed by atoms with Gasteiger partial charge in [-0.1, -0.05) is 0 Å². The topological polar surface area (TPSA) is 97.1 Å². The molecule has 0 aliphatic carbocycles. The van der Waals surface area contributed by atoms with E-state index in [-0.39, 0.29) is 12.5 Å². The first-order valence-electron chi connectivity index (χ1n) is 4.97. The molecule has 1 rings (SSSR count). The van der Waals surface area contributed by atoms with Gasteiger partial charge in [0.1, 0.15) is 25.2 Å². The highest BCUT2D eigenvalue weighted by Gasteiger charge is 2.19. The third-order valence-electron chi connectivity index (χ3n) is 2.02. The molecular formula is C9H14N4O3S. The molecule has 17 heavy (non-hydrogen) atoms. The van der Waals surface area contributed by atoms with Crippen LogP contribution in [0.25, 0.3) is 0 Å². The van der Waals surface area contributed by atoms with Crippen LogP contribution in [0, 0.1) is 0 Å². The minimum absolute atomic E-state index is 0.0248. The Morgan fingerprint density at radius 2 is 2.35 bits per heavy atom. The van der Waals surface area contributed by atoms with Crippen LogP contribution in [0.15, 0.2) is 12.7 Å². The Hall–Kier alpha value is -1.57. The largest absolute Gasteiger partial charge is 0.480 e. The van der Waals surface area contributed by atoms with E-state index in [1.807, 2.05) is 6.26 Å². The summed E-state index contributed by atoms with van der Waals surface area (Å²) in [4.78, 5) is 26.1. The van der Waals surface area contributed by atoms with E-state index in [2.05, 4.69) is 15.4 Å². The number of aromatic nitrogens is 3. The average Bonchev–Trinajstić information content (AvgIpc) is 2.76. The second-order valence-corrected chi connectivity index (χ2v) is 4.32. The zero-order valence-electron chi connectivity index (χ0n) is 9.37. The van der Waals surface area contributed by atoms with Gasteiger partial charge < -0.3 is 10.4 Å². The van der Waals surface area contributed by atoms with Gasteiger partial charge in [0.05, 0.1) is 0 Å². The third kappa shape index (κ3) is 4.85. The van der Waals surface area contributed by atoms with Gasteiger partial charge in [0.2, 0.25) is 5.91 Å². The lowest BCUT2D eigenvalue weighted by Crippen LogP contribution is -2.42. The number of carbonyl (C=O) groups is 2. The first kappa shape index (κ1) is 13.5. The number of hydrogen-bond donors (Lipinski definition) is 2. The van der Waals surface area contributed by atoms with Gasteiger partial charge in [0, 0.05) is 0 Å². The van der Waals surface area contributed by atoms with Gasteiger partial charge in [0.25, 0.3) is 0 Å². The molecule has 1 amide bonds. The highest BCUT2D eigenvalue weighted by Crippen LogP contribution is 2.01. The Labute approximate surface area is 103 Å². The molecule has 0 radical (unpaired) electrons. The van der Waals surface area contributed by atoms with Crippen LogP contribution in [0.3, 0.4) is 0 Å². The SMILES string of the molecule is CSCC[C@H](NC(=O)Cn1cncn1)C(=O)O. The van der Waals surface area contributed by atoms with Gasteiger partial charge in [-0.3, -0.25) is 4.79 Å². The fraction of sp³-hybridized carbons (Fsp3) is 0.556. The van der Waals surface area contributed by atoms with E-state index in [1.165, 1.54) is 29.1 Å². The Morgan fingerprint density at radius 1 is 1.59 bits per heavy atom. The molecule has 2 N–H and O–H groups in total. The number of carbonyl (C=O) groups excluding carboxylic acids is 1. The minimum atomic E-state index is -1.02. The fourth-order valence-corrected chi connectivity index (χ4v) is 1.67. The Balaban J connectivity index is 2.43. The normalized spacial score (nSPS) is 12.1. The molecule has 1 aromatic rings. The first-order chi connectivity index (χ1) is 8.13. The van der Waals surface area contributed by atoms with E-state index < -0.39 is 12.0 Å². The maximum Gasteiger partial charge on any atom is 0.326 e. The molecule has 0 aliphatic heterocycles. The molecule has 0 unspecified atom stereocenters. The maximum atomic E-state index is 11.5. The lowest BCUT2D eigenvalue weighted by atomic mass is 10.2. The molecule has 0 fully saturated rings. The number of rotatable bonds is 7. The lowest BCUT2D eigenvalue weighted by Gasteiger charge is -2.13. The van der Waals surface area contributed by atoms with Crippen molar-refractivity contribution >= 4 is 23.6 Å². The van der Waals surface area contributed by atoms with Gasteiger partial charge in [-0.25, -0.2) is 14.5 Å². The Bertz CT molecular complexity index is 368. The molecule has 0 spiro atoms. The molecule has 1 heterocycles. The highest BCUT2D eigenvalue weighted by atomic mass is 32.2. The van der Waals surface area contributed by atoms with E-state index in [1.54, 1.807) is 0 Å². The number of nitrogens with one attached hydrogen (secondary N) is 1. The zero-order valence-corrected chi connectivity index (χ0v) is 10.2. The zero-order chi connectivity index (χ0) is 12.7. The number of thioether (sulfide) groups is 1. The fourth-order valence-electron chi connectivity index (χ4n) is 1.19. The standard InChI is InChI=1S/C9H14N4O3S/c1-17-3-2-7(9(15)16)12-8(14)4-13-6-10-5-11-13/h5-7H,2-4H2,1H3,(H,12,14)(H,15,16)/t7-/m0/s1. The van der Waals surface area contributed by atoms with Gasteiger partial charge in [0.15, 0.2) is 0 Å². The molecule has 8 heteroatoms. The van der Waals surface area contributed by atoms with Gasteiger partial charge in [-0.15, -0.1) is 0 Å². The molecule has 94 valence electrons. The summed E-state index contributed by atoms with van der Waals surface area (Å²) in [5.41, 5.74) is 0. The lowest BCUT2D eigenvalue weighted by molar-refractivity contribution is -0.142. The van der Waals surface area contributed by atoms with Crippen LogP contribution in [0.1, 0.15) is 6.42 Å². The van der Waals surface area contributed by atoms with Crippen molar-refractivity contribution in [3.05, 3.63) is 12.7 Å². The van der Waals surface area contributed by atoms with E-state index in [0.717, 1.165) is 0 Å². The number of hydrogen-bond acceptors (Lipinski definition) is 5. The number of aliphatic carboxylic acids is 1. The van der Waals surface area contributed by atoms with Crippen LogP contribution in [-0.2, 0) is 16.1 Å². The van der Waals surface area contributed by atoms with Crippen LogP contribution in [0.2, 0.25) is 0 Å². The molecule has 0 bridgehead atoms. The number of nitrogens with zero attached hydrogens (tertiary/aromatic N) is 3. The van der Waals surface area contributed by atoms with Crippen LogP contribution >= 0.6 is 11.8 Å². The Morgan fingerprint density at radius 3 is 2.88 bits per heavy atom. The van der Waals surface area contributed by atoms with Crippen molar-refractivity contribution in [2.45, 2.75) is 19.0 Å². The van der Waals surface area contributed by atoms with Crippen LogP contribution < -0.4 is 5.32 Å². The number of carboxylic acid groups (broad SMARTS) is 1. The molecule has 0 aromatic carbocycles. The van der Waals surface area contributed by atoms with Crippen LogP contribution in [0.5, 0.6) is 0 Å². The second kappa shape index (κ2) is 6.89. The van der Waals surface area contributed by atoms with E-state index >= 15 is 0 Å². The van der Waals surface area contributed by atoms with Crippen LogP contribution in [-0.4, -0.2) is 49.8 Å². The number of amides is 1. The monoisotopic (exact) mass is 258 g/mol. The van der Waals surface area contributed by atoms with Crippen molar-refractivity contribution < 1.29 is 14.7 Å². The molecule has 1 atom stereocenters. The summed E-state index contributed by atoms with van der Waals surface area (Å²) in [5, 5.41) is 15.1. The summed E-state index contributed by atoms with van der Waals surface area (Å²) < 4.78 is 1.34. The van der Waals surface area contributed by atoms with E-state index in [9.17, 15) is 9.59 Å². The molecule has 0 saturated heterocycles. The summed E-state index contributed by atoms with van der Waals surface area (Å²) in [6, 6.07) is -0.849. The summed E-state index contributed by atoms with van der Waals surface area (Å²) in [5.74, 6) is -0.726. The van der Waals surface area contributed by atoms with Gasteiger partial charge >= 0.3 is 5.97 Å². The third-order valence-corrected chi connectivity index (χ3v) is 2.66. The van der Waals surface area contributed by atoms with Crippen molar-refractivity contribution in [2.24, 2.45) is 0 Å². The van der Waals surface area contributed by atoms with Crippen molar-refractivity contribution in [1.82, 2.24) is 20.1 Å². The summed E-state index contributed by atoms with van der Waals surface area (Å²) in [6.45, 7) is -0.0248. The van der Waals surface area contributed by atoms with Gasteiger partial charge in [-0.05, 0) is 18.4 Å². The van der Waals surface area contributed by atoms with E-state index in [4.69, 9.17) is 5.11 Å². The van der Waals surface area contributed by atoms with Crippen molar-refractivity contribution in [1.29, 1.82) is 0 Å². The summed E-state index contributed by atoms with van der Waals surface area (Å²) in [7, 11) is 0. The Kier molecular flexibility index (Phi) is 5.47. The molecule has 1 aromatic heterocycles. The minimum Gasteiger partial charge on any atom is -0.480 e. The quantitative estimate of drug-likeness (QED) is 0.690. The van der Waals surface area contributed by atoms with Crippen molar-refractivity contribution in [2.75, 3.05) is 12.0 Å². The molecular weight excluding hydrogens is 244 g/mol. The average molecular weight is 258 g/mol. The first-order valence-corrected chi connectivity index (χ1v) is 6.36. The maximum absolute atomic E-state index is 11.5. The summed E-state index contributed by atoms with van der Waals surface area (Å²) >= 11 is 1.54. The highest BCUT2D eigenvalue weighted by molar-refractivity contribution is 7.98. The summed E-state index contributed by atoms with van der Waals surface area (Å²) in [6.07, 6.45) is 5.00. The predicted molar refractivity (Wildman–Crippen MR) is 62.6 cm³/mol. The molecule has 0 saturated carbocycles. The molecule has 0 aliphatic rings. The smallest absolute Gasteiger partial charge is 0.326 e.